The molecule has 1 aromatic heterocycles. The van der Waals surface area contributed by atoms with Crippen molar-refractivity contribution in [3.63, 3.8) is 0 Å². The average Bonchev–Trinajstić information content (AvgIpc) is 3.09. The Balaban J connectivity index is 1.61. The van der Waals surface area contributed by atoms with Crippen LogP contribution in [0.2, 0.25) is 5.15 Å². The van der Waals surface area contributed by atoms with Crippen LogP contribution in [0.15, 0.2) is 18.3 Å². The molecule has 0 aromatic carbocycles. The lowest BCUT2D eigenvalue weighted by molar-refractivity contribution is -0.131. The first kappa shape index (κ1) is 15.6. The van der Waals surface area contributed by atoms with E-state index in [0.717, 1.165) is 25.9 Å². The van der Waals surface area contributed by atoms with Gasteiger partial charge >= 0.3 is 0 Å². The molecule has 22 heavy (non-hydrogen) atoms. The fraction of sp³-hybridized carbons (Fsp3) is 0.625. The molecule has 2 aliphatic rings. The van der Waals surface area contributed by atoms with Gasteiger partial charge in [0.15, 0.2) is 10.9 Å². The fourth-order valence-electron chi connectivity index (χ4n) is 3.54. The second kappa shape index (κ2) is 6.84. The number of ether oxygens (including phenoxy) is 2. The summed E-state index contributed by atoms with van der Waals surface area (Å²) in [6, 6.07) is 3.67. The van der Waals surface area contributed by atoms with Gasteiger partial charge in [-0.2, -0.15) is 0 Å². The number of nitrogens with zero attached hydrogens (tertiary/aromatic N) is 2. The number of hydrogen-bond donors (Lipinski definition) is 0. The smallest absolute Gasteiger partial charge is 0.224 e. The van der Waals surface area contributed by atoms with Crippen LogP contribution in [0.25, 0.3) is 0 Å². The zero-order valence-electron chi connectivity index (χ0n) is 12.7. The maximum absolute atomic E-state index is 12.1. The summed E-state index contributed by atoms with van der Waals surface area (Å²) in [5.41, 5.74) is 0. The minimum Gasteiger partial charge on any atom is -0.487 e. The number of amides is 1. The number of fused-ring (bicyclic) bond motifs is 1. The first-order valence-electron chi connectivity index (χ1n) is 7.73. The van der Waals surface area contributed by atoms with E-state index < -0.39 is 0 Å². The van der Waals surface area contributed by atoms with Gasteiger partial charge in [0.1, 0.15) is 6.10 Å². The van der Waals surface area contributed by atoms with Crippen molar-refractivity contribution in [3.05, 3.63) is 23.5 Å². The van der Waals surface area contributed by atoms with Crippen molar-refractivity contribution in [2.45, 2.75) is 25.4 Å². The van der Waals surface area contributed by atoms with Gasteiger partial charge in [0.25, 0.3) is 0 Å². The zero-order chi connectivity index (χ0) is 15.5. The van der Waals surface area contributed by atoms with Gasteiger partial charge in [0, 0.05) is 32.3 Å². The van der Waals surface area contributed by atoms with E-state index in [-0.39, 0.29) is 12.0 Å². The molecule has 2 heterocycles. The van der Waals surface area contributed by atoms with Crippen LogP contribution in [-0.4, -0.2) is 48.7 Å². The largest absolute Gasteiger partial charge is 0.487 e. The van der Waals surface area contributed by atoms with Crippen LogP contribution in [0.5, 0.6) is 5.75 Å². The number of carbonyl (C=O) groups is 1. The third-order valence-corrected chi connectivity index (χ3v) is 4.95. The van der Waals surface area contributed by atoms with Crippen molar-refractivity contribution in [2.75, 3.05) is 26.8 Å². The van der Waals surface area contributed by atoms with Crippen LogP contribution < -0.4 is 4.74 Å². The van der Waals surface area contributed by atoms with E-state index in [2.05, 4.69) is 4.98 Å². The first-order valence-corrected chi connectivity index (χ1v) is 8.10. The number of rotatable bonds is 5. The van der Waals surface area contributed by atoms with E-state index in [1.165, 1.54) is 0 Å². The summed E-state index contributed by atoms with van der Waals surface area (Å²) in [4.78, 5) is 18.1. The molecule has 1 amide bonds. The normalized spacial score (nSPS) is 27.0. The van der Waals surface area contributed by atoms with Crippen molar-refractivity contribution in [3.8, 4) is 5.75 Å². The molecule has 1 saturated carbocycles. The van der Waals surface area contributed by atoms with Crippen LogP contribution in [0.1, 0.15) is 19.3 Å². The number of halogens is 1. The van der Waals surface area contributed by atoms with Gasteiger partial charge in [-0.15, -0.1) is 0 Å². The molecule has 1 aromatic rings. The van der Waals surface area contributed by atoms with E-state index in [9.17, 15) is 4.79 Å². The Hall–Kier alpha value is -1.33. The molecular formula is C16H21ClN2O3. The molecule has 0 N–H and O–H groups in total. The molecule has 1 aliphatic heterocycles. The van der Waals surface area contributed by atoms with Crippen LogP contribution in [0, 0.1) is 11.8 Å². The molecule has 3 rings (SSSR count). The summed E-state index contributed by atoms with van der Waals surface area (Å²) in [5, 5.41) is 0.400. The lowest BCUT2D eigenvalue weighted by Gasteiger charge is -2.22. The number of likely N-dealkylation sites (tertiary alicyclic amines) is 1. The summed E-state index contributed by atoms with van der Waals surface area (Å²) in [6.07, 6.45) is 4.34. The lowest BCUT2D eigenvalue weighted by Crippen LogP contribution is -2.32. The summed E-state index contributed by atoms with van der Waals surface area (Å²) in [5.74, 6) is 1.74. The highest BCUT2D eigenvalue weighted by atomic mass is 35.5. The number of methoxy groups -OCH3 is 1. The Bertz CT molecular complexity index is 540. The Morgan fingerprint density at radius 1 is 1.45 bits per heavy atom. The van der Waals surface area contributed by atoms with E-state index in [1.807, 2.05) is 17.0 Å². The lowest BCUT2D eigenvalue weighted by atomic mass is 9.99. The highest BCUT2D eigenvalue weighted by Crippen LogP contribution is 2.41. The Morgan fingerprint density at radius 3 is 3.09 bits per heavy atom. The van der Waals surface area contributed by atoms with E-state index >= 15 is 0 Å². The average molecular weight is 325 g/mol. The maximum atomic E-state index is 12.1. The molecule has 0 spiro atoms. The molecule has 0 radical (unpaired) electrons. The second-order valence-corrected chi connectivity index (χ2v) is 6.35. The zero-order valence-corrected chi connectivity index (χ0v) is 13.5. The molecule has 2 fully saturated rings. The predicted octanol–water partition coefficient (Wildman–Crippen LogP) is 2.39. The van der Waals surface area contributed by atoms with Crippen molar-refractivity contribution in [2.24, 2.45) is 11.8 Å². The van der Waals surface area contributed by atoms with Crippen LogP contribution in [0.3, 0.4) is 0 Å². The Morgan fingerprint density at radius 2 is 2.32 bits per heavy atom. The summed E-state index contributed by atoms with van der Waals surface area (Å²) in [6.45, 7) is 2.10. The molecule has 0 bridgehead atoms. The van der Waals surface area contributed by atoms with Crippen molar-refractivity contribution >= 4 is 17.5 Å². The van der Waals surface area contributed by atoms with Gasteiger partial charge in [0.2, 0.25) is 5.91 Å². The monoisotopic (exact) mass is 324 g/mol. The van der Waals surface area contributed by atoms with Crippen LogP contribution in [-0.2, 0) is 9.53 Å². The number of hydrogen-bond acceptors (Lipinski definition) is 4. The minimum absolute atomic E-state index is 0.118. The molecule has 1 saturated heterocycles. The third kappa shape index (κ3) is 3.20. The van der Waals surface area contributed by atoms with E-state index in [1.54, 1.807) is 13.3 Å². The number of pyridine rings is 1. The minimum atomic E-state index is 0.118. The summed E-state index contributed by atoms with van der Waals surface area (Å²) >= 11 is 6.07. The van der Waals surface area contributed by atoms with Crippen molar-refractivity contribution in [1.82, 2.24) is 9.88 Å². The van der Waals surface area contributed by atoms with Crippen molar-refractivity contribution < 1.29 is 14.3 Å². The molecule has 5 nitrogen and oxygen atoms in total. The van der Waals surface area contributed by atoms with Gasteiger partial charge in [-0.05, 0) is 30.9 Å². The van der Waals surface area contributed by atoms with E-state index in [4.69, 9.17) is 21.1 Å². The third-order valence-electron chi connectivity index (χ3n) is 4.67. The van der Waals surface area contributed by atoms with Gasteiger partial charge in [-0.25, -0.2) is 4.98 Å². The maximum Gasteiger partial charge on any atom is 0.224 e. The first-order chi connectivity index (χ1) is 10.7. The molecule has 6 heteroatoms. The van der Waals surface area contributed by atoms with E-state index in [0.29, 0.717) is 35.8 Å². The quantitative estimate of drug-likeness (QED) is 0.780. The standard InChI is InChI=1S/C16H21ClN2O3/c1-21-8-6-15(20)19-9-11-4-5-13(12(11)10-19)22-14-3-2-7-18-16(14)17/h2-3,7,11-13H,4-6,8-10H2,1H3/t11-,12+,13-/m1/s1. The van der Waals surface area contributed by atoms with Crippen LogP contribution >= 0.6 is 11.6 Å². The second-order valence-electron chi connectivity index (χ2n) is 5.99. The van der Waals surface area contributed by atoms with Gasteiger partial charge in [-0.3, -0.25) is 4.79 Å². The Kier molecular flexibility index (Phi) is 4.84. The predicted molar refractivity (Wildman–Crippen MR) is 83.0 cm³/mol. The summed E-state index contributed by atoms with van der Waals surface area (Å²) < 4.78 is 11.1. The molecule has 3 atom stereocenters. The highest BCUT2D eigenvalue weighted by molar-refractivity contribution is 6.30. The SMILES string of the molecule is COCCC(=O)N1C[C@H]2CC[C@@H](Oc3cccnc3Cl)[C@H]2C1. The molecule has 120 valence electrons. The molecular weight excluding hydrogens is 304 g/mol. The number of aromatic nitrogens is 1. The van der Waals surface area contributed by atoms with Gasteiger partial charge in [0.05, 0.1) is 13.0 Å². The van der Waals surface area contributed by atoms with Gasteiger partial charge in [-0.1, -0.05) is 11.6 Å². The number of carbonyl (C=O) groups excluding carboxylic acids is 1. The molecule has 1 aliphatic carbocycles. The Labute approximate surface area is 135 Å². The van der Waals surface area contributed by atoms with Crippen LogP contribution in [0.4, 0.5) is 0 Å². The molecule has 0 unspecified atom stereocenters. The topological polar surface area (TPSA) is 51.7 Å². The van der Waals surface area contributed by atoms with Gasteiger partial charge < -0.3 is 14.4 Å². The summed E-state index contributed by atoms with van der Waals surface area (Å²) in [7, 11) is 1.62. The fourth-order valence-corrected chi connectivity index (χ4v) is 3.70. The van der Waals surface area contributed by atoms with Crippen molar-refractivity contribution in [1.29, 1.82) is 0 Å². The highest BCUT2D eigenvalue weighted by Gasteiger charge is 2.45.